The molecule has 130 valence electrons. The molecule has 10 nitrogen and oxygen atoms in total. The fourth-order valence-electron chi connectivity index (χ4n) is 2.70. The number of carbonyl (C=O) groups is 1. The first-order valence-corrected chi connectivity index (χ1v) is 7.48. The highest BCUT2D eigenvalue weighted by Gasteiger charge is 2.46. The molecule has 1 aliphatic rings. The number of amides is 1. The van der Waals surface area contributed by atoms with Crippen LogP contribution in [0.15, 0.2) is 12.7 Å². The van der Waals surface area contributed by atoms with Crippen molar-refractivity contribution in [3.05, 3.63) is 18.3 Å². The van der Waals surface area contributed by atoms with Crippen LogP contribution in [-0.2, 0) is 4.74 Å². The number of hydrogen-bond acceptors (Lipinski definition) is 8. The fraction of sp³-hybridized carbons (Fsp3) is 0.571. The van der Waals surface area contributed by atoms with Crippen LogP contribution in [-0.4, -0.2) is 64.9 Å². The zero-order chi connectivity index (χ0) is 17.6. The molecule has 2 aromatic rings. The van der Waals surface area contributed by atoms with E-state index in [1.807, 2.05) is 0 Å². The molecule has 0 bridgehead atoms. The van der Waals surface area contributed by atoms with Crippen molar-refractivity contribution in [3.63, 3.8) is 0 Å². The van der Waals surface area contributed by atoms with Gasteiger partial charge in [-0.2, -0.15) is 0 Å². The molecule has 4 N–H and O–H groups in total. The topological polar surface area (TPSA) is 139 Å². The van der Waals surface area contributed by atoms with Gasteiger partial charge >= 0.3 is 6.09 Å². The van der Waals surface area contributed by atoms with Gasteiger partial charge in [0.25, 0.3) is 0 Å². The van der Waals surface area contributed by atoms with Crippen LogP contribution in [0, 0.1) is 0 Å². The van der Waals surface area contributed by atoms with Crippen molar-refractivity contribution < 1.29 is 19.7 Å². The molecule has 0 saturated carbocycles. The van der Waals surface area contributed by atoms with Crippen LogP contribution >= 0.6 is 0 Å². The number of ether oxygens (including phenoxy) is 1. The molecular formula is C14H20N6O4. The van der Waals surface area contributed by atoms with E-state index < -0.39 is 29.9 Å². The van der Waals surface area contributed by atoms with E-state index >= 15 is 0 Å². The summed E-state index contributed by atoms with van der Waals surface area (Å²) in [5, 5.41) is 20.4. The second-order valence-electron chi connectivity index (χ2n) is 6.69. The van der Waals surface area contributed by atoms with Gasteiger partial charge in [0.2, 0.25) is 5.95 Å². The molecule has 0 aromatic carbocycles. The minimum absolute atomic E-state index is 0.0691. The van der Waals surface area contributed by atoms with Crippen molar-refractivity contribution in [1.29, 1.82) is 0 Å². The fourth-order valence-corrected chi connectivity index (χ4v) is 2.70. The van der Waals surface area contributed by atoms with E-state index in [-0.39, 0.29) is 12.5 Å². The maximum atomic E-state index is 12.5. The van der Waals surface area contributed by atoms with Gasteiger partial charge in [0.1, 0.15) is 36.1 Å². The van der Waals surface area contributed by atoms with E-state index in [4.69, 9.17) is 10.5 Å². The third kappa shape index (κ3) is 2.74. The lowest BCUT2D eigenvalue weighted by Crippen LogP contribution is -2.38. The van der Waals surface area contributed by atoms with Crippen LogP contribution in [0.25, 0.3) is 5.65 Å². The minimum Gasteiger partial charge on any atom is -0.444 e. The number of nitrogens with two attached hydrogens (primary N) is 1. The lowest BCUT2D eigenvalue weighted by atomic mass is 10.1. The Morgan fingerprint density at radius 2 is 2.04 bits per heavy atom. The Kier molecular flexibility index (Phi) is 3.80. The van der Waals surface area contributed by atoms with Gasteiger partial charge in [0, 0.05) is 0 Å². The standard InChI is InChI=1S/C14H20N6O4/c1-14(2,3)24-13(23)19-4-7(21)10(22)9(19)8-11-16-5-17-12(15)20(11)6-18-8/h5-7,9-10,21-22H,4H2,1-3H3,(H2,15,16,17)/t7-,9-,10+/m0/s1. The average molecular weight is 336 g/mol. The summed E-state index contributed by atoms with van der Waals surface area (Å²) in [5.41, 5.74) is 5.73. The summed E-state index contributed by atoms with van der Waals surface area (Å²) >= 11 is 0. The van der Waals surface area contributed by atoms with Gasteiger partial charge in [-0.25, -0.2) is 19.7 Å². The smallest absolute Gasteiger partial charge is 0.411 e. The highest BCUT2D eigenvalue weighted by Crippen LogP contribution is 2.34. The molecule has 1 fully saturated rings. The maximum Gasteiger partial charge on any atom is 0.411 e. The molecule has 3 atom stereocenters. The summed E-state index contributed by atoms with van der Waals surface area (Å²) in [6.07, 6.45) is -0.298. The summed E-state index contributed by atoms with van der Waals surface area (Å²) in [5.74, 6) is 0.176. The Hall–Kier alpha value is -2.46. The molecule has 3 rings (SSSR count). The van der Waals surface area contributed by atoms with Crippen LogP contribution < -0.4 is 5.73 Å². The number of nitrogen functional groups attached to an aromatic ring is 1. The molecule has 2 aromatic heterocycles. The minimum atomic E-state index is -1.22. The zero-order valence-electron chi connectivity index (χ0n) is 13.6. The summed E-state index contributed by atoms with van der Waals surface area (Å²) in [6.45, 7) is 5.15. The summed E-state index contributed by atoms with van der Waals surface area (Å²) in [6, 6.07) is -0.894. The molecule has 0 aliphatic carbocycles. The third-order valence-electron chi connectivity index (χ3n) is 3.73. The lowest BCUT2D eigenvalue weighted by molar-refractivity contribution is 0.0129. The van der Waals surface area contributed by atoms with E-state index in [1.165, 1.54) is 22.0 Å². The number of aromatic nitrogens is 4. The van der Waals surface area contributed by atoms with Crippen molar-refractivity contribution in [2.75, 3.05) is 12.3 Å². The predicted molar refractivity (Wildman–Crippen MR) is 82.9 cm³/mol. The van der Waals surface area contributed by atoms with Gasteiger partial charge in [0.05, 0.1) is 12.6 Å². The number of aliphatic hydroxyl groups excluding tert-OH is 2. The Balaban J connectivity index is 2.01. The van der Waals surface area contributed by atoms with Crippen LogP contribution in [0.5, 0.6) is 0 Å². The van der Waals surface area contributed by atoms with E-state index in [0.717, 1.165) is 0 Å². The monoisotopic (exact) mass is 336 g/mol. The van der Waals surface area contributed by atoms with Crippen molar-refractivity contribution in [2.45, 2.75) is 44.6 Å². The van der Waals surface area contributed by atoms with Gasteiger partial charge < -0.3 is 20.7 Å². The number of aliphatic hydroxyl groups is 2. The number of fused-ring (bicyclic) bond motifs is 1. The Morgan fingerprint density at radius 3 is 2.71 bits per heavy atom. The lowest BCUT2D eigenvalue weighted by Gasteiger charge is -2.28. The first-order chi connectivity index (χ1) is 11.2. The van der Waals surface area contributed by atoms with Gasteiger partial charge in [0.15, 0.2) is 5.65 Å². The Labute approximate surface area is 137 Å². The Morgan fingerprint density at radius 1 is 1.33 bits per heavy atom. The second-order valence-corrected chi connectivity index (χ2v) is 6.69. The van der Waals surface area contributed by atoms with Crippen LogP contribution in [0.3, 0.4) is 0 Å². The number of anilines is 1. The molecule has 3 heterocycles. The first-order valence-electron chi connectivity index (χ1n) is 7.48. The molecule has 1 aliphatic heterocycles. The number of likely N-dealkylation sites (tertiary alicyclic amines) is 1. The molecule has 10 heteroatoms. The van der Waals surface area contributed by atoms with Crippen molar-refractivity contribution in [1.82, 2.24) is 24.3 Å². The maximum absolute atomic E-state index is 12.5. The second kappa shape index (κ2) is 5.56. The van der Waals surface area contributed by atoms with Gasteiger partial charge in [-0.3, -0.25) is 9.30 Å². The van der Waals surface area contributed by atoms with E-state index in [1.54, 1.807) is 20.8 Å². The number of imidazole rings is 1. The van der Waals surface area contributed by atoms with E-state index in [0.29, 0.717) is 11.3 Å². The van der Waals surface area contributed by atoms with Crippen molar-refractivity contribution in [2.24, 2.45) is 0 Å². The molecule has 0 unspecified atom stereocenters. The molecule has 1 saturated heterocycles. The number of β-amino-alcohol motifs (C(OH)–C–C–N with tert-alkyl or cyclic N) is 1. The number of nitrogens with zero attached hydrogens (tertiary/aromatic N) is 5. The van der Waals surface area contributed by atoms with E-state index in [2.05, 4.69) is 15.0 Å². The van der Waals surface area contributed by atoms with Gasteiger partial charge in [-0.1, -0.05) is 0 Å². The van der Waals surface area contributed by atoms with E-state index in [9.17, 15) is 15.0 Å². The summed E-state index contributed by atoms with van der Waals surface area (Å²) in [7, 11) is 0. The molecule has 0 spiro atoms. The predicted octanol–water partition coefficient (Wildman–Crippen LogP) is -0.280. The third-order valence-corrected chi connectivity index (χ3v) is 3.73. The highest BCUT2D eigenvalue weighted by molar-refractivity contribution is 5.70. The van der Waals surface area contributed by atoms with Crippen LogP contribution in [0.2, 0.25) is 0 Å². The Bertz CT molecular complexity index is 770. The van der Waals surface area contributed by atoms with Crippen molar-refractivity contribution in [3.8, 4) is 0 Å². The average Bonchev–Trinajstić information content (AvgIpc) is 3.01. The number of carbonyl (C=O) groups excluding carboxylic acids is 1. The normalized spacial score (nSPS) is 24.5. The SMILES string of the molecule is CC(C)(C)OC(=O)N1C[C@H](O)[C@@H](O)[C@@H]1c1ncn2c(N)ncnc12. The largest absolute Gasteiger partial charge is 0.444 e. The van der Waals surface area contributed by atoms with Gasteiger partial charge in [-0.15, -0.1) is 0 Å². The highest BCUT2D eigenvalue weighted by atomic mass is 16.6. The van der Waals surface area contributed by atoms with Gasteiger partial charge in [-0.05, 0) is 20.8 Å². The van der Waals surface area contributed by atoms with Crippen LogP contribution in [0.4, 0.5) is 10.7 Å². The summed E-state index contributed by atoms with van der Waals surface area (Å²) < 4.78 is 6.80. The first kappa shape index (κ1) is 16.4. The zero-order valence-corrected chi connectivity index (χ0v) is 13.6. The quantitative estimate of drug-likeness (QED) is 0.646. The summed E-state index contributed by atoms with van der Waals surface area (Å²) in [4.78, 5) is 25.9. The molecule has 0 radical (unpaired) electrons. The molecule has 24 heavy (non-hydrogen) atoms. The molecule has 1 amide bonds. The number of hydrogen-bond donors (Lipinski definition) is 3. The van der Waals surface area contributed by atoms with Crippen molar-refractivity contribution >= 4 is 17.7 Å². The number of rotatable bonds is 1. The van der Waals surface area contributed by atoms with Crippen LogP contribution in [0.1, 0.15) is 32.5 Å². The molecular weight excluding hydrogens is 316 g/mol.